The van der Waals surface area contributed by atoms with Crippen LogP contribution in [0.4, 0.5) is 5.69 Å². The lowest BCUT2D eigenvalue weighted by atomic mass is 10.0. The van der Waals surface area contributed by atoms with E-state index in [9.17, 15) is 18.0 Å². The first-order valence-electron chi connectivity index (χ1n) is 15.0. The zero-order valence-corrected chi connectivity index (χ0v) is 27.7. The van der Waals surface area contributed by atoms with Crippen molar-refractivity contribution in [3.8, 4) is 0 Å². The number of aryl methyl sites for hydroxylation is 2. The van der Waals surface area contributed by atoms with E-state index < -0.39 is 28.5 Å². The molecule has 7 nitrogen and oxygen atoms in total. The van der Waals surface area contributed by atoms with Crippen LogP contribution in [0.25, 0.3) is 0 Å². The number of nitrogens with one attached hydrogen (secondary N) is 1. The summed E-state index contributed by atoms with van der Waals surface area (Å²) in [5, 5.41) is 3.55. The summed E-state index contributed by atoms with van der Waals surface area (Å²) in [7, 11) is -4.15. The molecule has 0 aromatic heterocycles. The number of nitrogens with zero attached hydrogens (tertiary/aromatic N) is 2. The fourth-order valence-corrected chi connectivity index (χ4v) is 6.45. The molecule has 4 aromatic carbocycles. The third-order valence-electron chi connectivity index (χ3n) is 7.61. The van der Waals surface area contributed by atoms with Crippen LogP contribution >= 0.6 is 11.6 Å². The smallest absolute Gasteiger partial charge is 0.264 e. The molecule has 0 aliphatic heterocycles. The molecule has 0 unspecified atom stereocenters. The Morgan fingerprint density at radius 3 is 2.02 bits per heavy atom. The highest BCUT2D eigenvalue weighted by Crippen LogP contribution is 2.27. The van der Waals surface area contributed by atoms with Crippen molar-refractivity contribution in [3.05, 3.63) is 130 Å². The van der Waals surface area contributed by atoms with E-state index in [1.54, 1.807) is 54.6 Å². The van der Waals surface area contributed by atoms with Gasteiger partial charge in [-0.3, -0.25) is 13.9 Å². The molecule has 0 aliphatic rings. The highest BCUT2D eigenvalue weighted by molar-refractivity contribution is 7.92. The molecular formula is C36H40ClN3O4S. The third kappa shape index (κ3) is 8.96. The van der Waals surface area contributed by atoms with Crippen LogP contribution in [0, 0.1) is 19.8 Å². The van der Waals surface area contributed by atoms with E-state index in [1.807, 2.05) is 64.1 Å². The molecule has 0 saturated heterocycles. The van der Waals surface area contributed by atoms with Crippen molar-refractivity contribution in [3.63, 3.8) is 0 Å². The van der Waals surface area contributed by atoms with Gasteiger partial charge in [-0.25, -0.2) is 8.42 Å². The van der Waals surface area contributed by atoms with Gasteiger partial charge in [-0.05, 0) is 78.4 Å². The van der Waals surface area contributed by atoms with Gasteiger partial charge in [0.1, 0.15) is 12.6 Å². The number of rotatable bonds is 13. The normalized spacial score (nSPS) is 12.0. The van der Waals surface area contributed by atoms with E-state index in [0.29, 0.717) is 17.3 Å². The Morgan fingerprint density at radius 1 is 0.800 bits per heavy atom. The highest BCUT2D eigenvalue weighted by Gasteiger charge is 2.34. The monoisotopic (exact) mass is 645 g/mol. The molecule has 1 atom stereocenters. The Labute approximate surface area is 271 Å². The third-order valence-corrected chi connectivity index (χ3v) is 9.65. The van der Waals surface area contributed by atoms with Crippen molar-refractivity contribution in [2.24, 2.45) is 5.92 Å². The number of carbonyl (C=O) groups excluding carboxylic acids is 2. The standard InChI is InChI=1S/C36H40ClN3O4S/c1-26(2)23-38-36(42)34(22-29-11-7-5-8-12-29)39(24-30-16-18-31(37)19-17-30)35(41)25-40(32-20-15-27(3)28(4)21-32)45(43,44)33-13-9-6-10-14-33/h5-21,26,34H,22-25H2,1-4H3,(H,38,42)/t34-/m1/s1. The number of anilines is 1. The van der Waals surface area contributed by atoms with Gasteiger partial charge in [0.15, 0.2) is 0 Å². The Hall–Kier alpha value is -4.14. The lowest BCUT2D eigenvalue weighted by molar-refractivity contribution is -0.140. The van der Waals surface area contributed by atoms with E-state index in [4.69, 9.17) is 11.6 Å². The number of carbonyl (C=O) groups is 2. The van der Waals surface area contributed by atoms with Gasteiger partial charge < -0.3 is 10.2 Å². The van der Waals surface area contributed by atoms with Crippen LogP contribution in [-0.4, -0.2) is 44.3 Å². The number of halogens is 1. The van der Waals surface area contributed by atoms with Gasteiger partial charge in [-0.1, -0.05) is 92.2 Å². The molecule has 2 amide bonds. The van der Waals surface area contributed by atoms with Gasteiger partial charge in [0.25, 0.3) is 10.0 Å². The summed E-state index contributed by atoms with van der Waals surface area (Å²) in [6.45, 7) is 7.85. The minimum Gasteiger partial charge on any atom is -0.354 e. The summed E-state index contributed by atoms with van der Waals surface area (Å²) in [6.07, 6.45) is 0.249. The predicted molar refractivity (Wildman–Crippen MR) is 181 cm³/mol. The van der Waals surface area contributed by atoms with Gasteiger partial charge in [-0.15, -0.1) is 0 Å². The molecule has 4 aromatic rings. The molecular weight excluding hydrogens is 606 g/mol. The SMILES string of the molecule is Cc1ccc(N(CC(=O)N(Cc2ccc(Cl)cc2)[C@H](Cc2ccccc2)C(=O)NCC(C)C)S(=O)(=O)c2ccccc2)cc1C. The second-order valence-electron chi connectivity index (χ2n) is 11.6. The molecule has 0 bridgehead atoms. The fourth-order valence-electron chi connectivity index (χ4n) is 4.89. The maximum absolute atomic E-state index is 14.5. The van der Waals surface area contributed by atoms with Crippen LogP contribution in [0.2, 0.25) is 5.02 Å². The van der Waals surface area contributed by atoms with Crippen LogP contribution in [0.3, 0.4) is 0 Å². The Balaban J connectivity index is 1.80. The van der Waals surface area contributed by atoms with Gasteiger partial charge >= 0.3 is 0 Å². The summed E-state index contributed by atoms with van der Waals surface area (Å²) >= 11 is 6.15. The van der Waals surface area contributed by atoms with E-state index in [0.717, 1.165) is 26.6 Å². The molecule has 0 spiro atoms. The summed E-state index contributed by atoms with van der Waals surface area (Å²) in [6, 6.07) is 29.0. The molecule has 45 heavy (non-hydrogen) atoms. The van der Waals surface area contributed by atoms with Crippen molar-refractivity contribution in [2.75, 3.05) is 17.4 Å². The van der Waals surface area contributed by atoms with Crippen molar-refractivity contribution in [1.82, 2.24) is 10.2 Å². The molecule has 0 aliphatic carbocycles. The maximum Gasteiger partial charge on any atom is 0.264 e. The van der Waals surface area contributed by atoms with Crippen molar-refractivity contribution in [1.29, 1.82) is 0 Å². The number of amides is 2. The number of sulfonamides is 1. The summed E-state index contributed by atoms with van der Waals surface area (Å²) < 4.78 is 29.4. The minimum absolute atomic E-state index is 0.0655. The predicted octanol–water partition coefficient (Wildman–Crippen LogP) is 6.56. The second-order valence-corrected chi connectivity index (χ2v) is 13.9. The largest absolute Gasteiger partial charge is 0.354 e. The van der Waals surface area contributed by atoms with Crippen molar-refractivity contribution in [2.45, 2.75) is 51.6 Å². The van der Waals surface area contributed by atoms with E-state index in [1.165, 1.54) is 17.0 Å². The molecule has 4 rings (SSSR count). The topological polar surface area (TPSA) is 86.8 Å². The van der Waals surface area contributed by atoms with Crippen LogP contribution in [0.1, 0.15) is 36.1 Å². The molecule has 1 N–H and O–H groups in total. The van der Waals surface area contributed by atoms with Crippen molar-refractivity contribution < 1.29 is 18.0 Å². The van der Waals surface area contributed by atoms with Gasteiger partial charge in [0, 0.05) is 24.5 Å². The van der Waals surface area contributed by atoms with E-state index in [2.05, 4.69) is 5.32 Å². The Bertz CT molecular complexity index is 1700. The van der Waals surface area contributed by atoms with Crippen LogP contribution in [0.5, 0.6) is 0 Å². The maximum atomic E-state index is 14.5. The Morgan fingerprint density at radius 2 is 1.42 bits per heavy atom. The summed E-state index contributed by atoms with van der Waals surface area (Å²) in [5.74, 6) is -0.621. The first-order valence-corrected chi connectivity index (χ1v) is 16.8. The average molecular weight is 646 g/mol. The summed E-state index contributed by atoms with van der Waals surface area (Å²) in [5.41, 5.74) is 3.88. The van der Waals surface area contributed by atoms with Crippen LogP contribution in [-0.2, 0) is 32.6 Å². The first kappa shape index (κ1) is 33.7. The minimum atomic E-state index is -4.15. The average Bonchev–Trinajstić information content (AvgIpc) is 3.03. The zero-order valence-electron chi connectivity index (χ0n) is 26.1. The van der Waals surface area contributed by atoms with Crippen molar-refractivity contribution >= 4 is 39.1 Å². The number of benzene rings is 4. The molecule has 0 radical (unpaired) electrons. The molecule has 236 valence electrons. The van der Waals surface area contributed by atoms with E-state index in [-0.39, 0.29) is 29.7 Å². The lowest BCUT2D eigenvalue weighted by Gasteiger charge is -2.34. The number of hydrogen-bond acceptors (Lipinski definition) is 4. The second kappa shape index (κ2) is 15.2. The van der Waals surface area contributed by atoms with Gasteiger partial charge in [0.2, 0.25) is 11.8 Å². The molecule has 9 heteroatoms. The fraction of sp³-hybridized carbons (Fsp3) is 0.278. The number of hydrogen-bond donors (Lipinski definition) is 1. The molecule has 0 fully saturated rings. The zero-order chi connectivity index (χ0) is 32.6. The highest BCUT2D eigenvalue weighted by atomic mass is 35.5. The summed E-state index contributed by atoms with van der Waals surface area (Å²) in [4.78, 5) is 29.9. The molecule has 0 heterocycles. The van der Waals surface area contributed by atoms with Gasteiger partial charge in [0.05, 0.1) is 10.6 Å². The van der Waals surface area contributed by atoms with E-state index >= 15 is 0 Å². The van der Waals surface area contributed by atoms with Crippen LogP contribution in [0.15, 0.2) is 108 Å². The quantitative estimate of drug-likeness (QED) is 0.178. The van der Waals surface area contributed by atoms with Crippen LogP contribution < -0.4 is 9.62 Å². The Kier molecular flexibility index (Phi) is 11.4. The molecule has 0 saturated carbocycles. The van der Waals surface area contributed by atoms with Gasteiger partial charge in [-0.2, -0.15) is 0 Å². The first-order chi connectivity index (χ1) is 21.5. The lowest BCUT2D eigenvalue weighted by Crippen LogP contribution is -2.53.